The van der Waals surface area contributed by atoms with Crippen LogP contribution in [0.4, 0.5) is 9.59 Å². The lowest BCUT2D eigenvalue weighted by molar-refractivity contribution is -0.138. The molecular weight excluding hydrogens is 753 g/mol. The number of pyridine rings is 2. The van der Waals surface area contributed by atoms with Gasteiger partial charge in [0, 0.05) is 36.6 Å². The number of imidazole rings is 2. The van der Waals surface area contributed by atoms with Crippen molar-refractivity contribution in [2.75, 3.05) is 27.3 Å². The van der Waals surface area contributed by atoms with E-state index in [1.54, 1.807) is 22.2 Å². The Bertz CT molecular complexity index is 2320. The molecule has 0 saturated carbocycles. The average molecular weight is 805 g/mol. The van der Waals surface area contributed by atoms with Crippen LogP contribution in [0, 0.1) is 11.8 Å². The lowest BCUT2D eigenvalue weighted by atomic mass is 9.95. The van der Waals surface area contributed by atoms with Crippen LogP contribution < -0.4 is 10.6 Å². The lowest BCUT2D eigenvalue weighted by Gasteiger charge is -2.36. The molecule has 4 amide bonds. The van der Waals surface area contributed by atoms with Gasteiger partial charge in [-0.1, -0.05) is 58.0 Å². The van der Waals surface area contributed by atoms with E-state index in [0.29, 0.717) is 36.8 Å². The first-order chi connectivity index (χ1) is 28.3. The number of carbonyl (C=O) groups excluding carboxylic acids is 4. The van der Waals surface area contributed by atoms with Gasteiger partial charge in [-0.2, -0.15) is 0 Å². The van der Waals surface area contributed by atoms with Gasteiger partial charge in [0.25, 0.3) is 0 Å². The number of ether oxygens (including phenoxy) is 2. The van der Waals surface area contributed by atoms with Crippen molar-refractivity contribution in [3.63, 3.8) is 0 Å². The van der Waals surface area contributed by atoms with Crippen molar-refractivity contribution in [2.24, 2.45) is 11.8 Å². The SMILES string of the molecule is COC(=O)NC(C(=O)N1CCCC1c1ncc(-c2ccc(-c3ccc(-c4cnc5nc(C6(C)CCCN6C(=O)C(NC(=O)OC)C(C)C)[nH]c5c4)nc3)cc2)[nH]1)C(C)C. The van der Waals surface area contributed by atoms with E-state index in [2.05, 4.69) is 30.6 Å². The number of aromatic amines is 2. The number of methoxy groups -OCH3 is 2. The Kier molecular flexibility index (Phi) is 11.7. The molecule has 59 heavy (non-hydrogen) atoms. The number of alkyl carbamates (subject to hydrolysis) is 2. The predicted octanol–water partition coefficient (Wildman–Crippen LogP) is 6.34. The number of nitrogens with zero attached hydrogens (tertiary/aromatic N) is 6. The van der Waals surface area contributed by atoms with Gasteiger partial charge in [0.1, 0.15) is 23.7 Å². The fourth-order valence-electron chi connectivity index (χ4n) is 8.15. The molecule has 310 valence electrons. The second-order valence-corrected chi connectivity index (χ2v) is 16.1. The van der Waals surface area contributed by atoms with E-state index in [9.17, 15) is 19.2 Å². The number of amides is 4. The molecule has 7 rings (SSSR count). The van der Waals surface area contributed by atoms with Crippen LogP contribution >= 0.6 is 0 Å². The molecule has 16 nitrogen and oxygen atoms in total. The van der Waals surface area contributed by atoms with Crippen LogP contribution in [-0.2, 0) is 24.6 Å². The van der Waals surface area contributed by atoms with Crippen molar-refractivity contribution in [2.45, 2.75) is 84.0 Å². The first-order valence-corrected chi connectivity index (χ1v) is 20.1. The molecule has 16 heteroatoms. The van der Waals surface area contributed by atoms with Gasteiger partial charge >= 0.3 is 12.2 Å². The highest BCUT2D eigenvalue weighted by Gasteiger charge is 2.46. The predicted molar refractivity (Wildman–Crippen MR) is 220 cm³/mol. The summed E-state index contributed by atoms with van der Waals surface area (Å²) in [5.41, 5.74) is 5.87. The number of rotatable bonds is 11. The number of benzene rings is 1. The first-order valence-electron chi connectivity index (χ1n) is 20.1. The van der Waals surface area contributed by atoms with Gasteiger partial charge < -0.3 is 39.9 Å². The number of likely N-dealkylation sites (tertiary alicyclic amines) is 2. The van der Waals surface area contributed by atoms with Crippen LogP contribution in [0.15, 0.2) is 61.1 Å². The van der Waals surface area contributed by atoms with Crippen LogP contribution in [0.2, 0.25) is 0 Å². The fraction of sp³-hybridized carbons (Fsp3) is 0.442. The number of aromatic nitrogens is 6. The third-order valence-electron chi connectivity index (χ3n) is 11.6. The van der Waals surface area contributed by atoms with Crippen LogP contribution in [-0.4, -0.2) is 103 Å². The molecule has 4 unspecified atom stereocenters. The highest BCUT2D eigenvalue weighted by atomic mass is 16.5. The van der Waals surface area contributed by atoms with Crippen LogP contribution in [0.3, 0.4) is 0 Å². The van der Waals surface area contributed by atoms with Gasteiger partial charge in [-0.05, 0) is 67.7 Å². The van der Waals surface area contributed by atoms with Crippen molar-refractivity contribution in [3.05, 3.63) is 72.7 Å². The van der Waals surface area contributed by atoms with Gasteiger partial charge in [-0.15, -0.1) is 0 Å². The summed E-state index contributed by atoms with van der Waals surface area (Å²) in [4.78, 5) is 80.7. The number of fused-ring (bicyclic) bond motifs is 1. The second-order valence-electron chi connectivity index (χ2n) is 16.1. The summed E-state index contributed by atoms with van der Waals surface area (Å²) >= 11 is 0. The summed E-state index contributed by atoms with van der Waals surface area (Å²) in [5, 5.41) is 5.40. The third kappa shape index (κ3) is 8.21. The second kappa shape index (κ2) is 16.9. The van der Waals surface area contributed by atoms with Gasteiger partial charge in [-0.3, -0.25) is 14.6 Å². The summed E-state index contributed by atoms with van der Waals surface area (Å²) in [7, 11) is 2.57. The molecule has 5 aromatic rings. The minimum absolute atomic E-state index is 0.112. The Morgan fingerprint density at radius 2 is 1.41 bits per heavy atom. The molecule has 2 aliphatic rings. The summed E-state index contributed by atoms with van der Waals surface area (Å²) < 4.78 is 9.54. The minimum Gasteiger partial charge on any atom is -0.453 e. The van der Waals surface area contributed by atoms with E-state index in [-0.39, 0.29) is 29.7 Å². The molecule has 2 saturated heterocycles. The highest BCUT2D eigenvalue weighted by molar-refractivity contribution is 5.88. The van der Waals surface area contributed by atoms with Crippen LogP contribution in [0.25, 0.3) is 44.8 Å². The molecule has 4 aromatic heterocycles. The van der Waals surface area contributed by atoms with E-state index in [1.165, 1.54) is 14.2 Å². The van der Waals surface area contributed by atoms with E-state index >= 15 is 0 Å². The maximum atomic E-state index is 13.8. The van der Waals surface area contributed by atoms with Crippen molar-refractivity contribution < 1.29 is 28.7 Å². The molecule has 6 heterocycles. The summed E-state index contributed by atoms with van der Waals surface area (Å²) in [6.45, 7) is 10.7. The van der Waals surface area contributed by atoms with Crippen LogP contribution in [0.1, 0.15) is 78.0 Å². The molecule has 0 bridgehead atoms. The molecule has 0 radical (unpaired) electrons. The van der Waals surface area contributed by atoms with Gasteiger partial charge in [-0.25, -0.2) is 24.5 Å². The van der Waals surface area contributed by atoms with Crippen molar-refractivity contribution in [3.8, 4) is 33.6 Å². The van der Waals surface area contributed by atoms with E-state index in [0.717, 1.165) is 58.4 Å². The van der Waals surface area contributed by atoms with Crippen LogP contribution in [0.5, 0.6) is 0 Å². The summed E-state index contributed by atoms with van der Waals surface area (Å²) in [5.74, 6) is 0.775. The van der Waals surface area contributed by atoms with Gasteiger partial charge in [0.2, 0.25) is 11.8 Å². The summed E-state index contributed by atoms with van der Waals surface area (Å²) in [6, 6.07) is 12.4. The van der Waals surface area contributed by atoms with Crippen molar-refractivity contribution in [1.29, 1.82) is 0 Å². The van der Waals surface area contributed by atoms with Gasteiger partial charge in [0.05, 0.1) is 48.9 Å². The molecule has 0 aliphatic carbocycles. The molecule has 2 aliphatic heterocycles. The van der Waals surface area contributed by atoms with E-state index in [4.69, 9.17) is 19.4 Å². The number of H-pyrrole nitrogens is 2. The Labute approximate surface area is 342 Å². The average Bonchev–Trinajstić information content (AvgIpc) is 4.07. The lowest BCUT2D eigenvalue weighted by Crippen LogP contribution is -2.55. The summed E-state index contributed by atoms with van der Waals surface area (Å²) in [6.07, 6.45) is 7.22. The minimum atomic E-state index is -0.734. The third-order valence-corrected chi connectivity index (χ3v) is 11.6. The topological polar surface area (TPSA) is 200 Å². The molecule has 0 spiro atoms. The zero-order valence-corrected chi connectivity index (χ0v) is 34.5. The molecule has 4 atom stereocenters. The normalized spacial score (nSPS) is 19.0. The zero-order chi connectivity index (χ0) is 42.0. The Morgan fingerprint density at radius 1 is 0.763 bits per heavy atom. The molecular formula is C43H52N10O6. The van der Waals surface area contributed by atoms with E-state index in [1.807, 2.05) is 83.3 Å². The molecule has 2 fully saturated rings. The zero-order valence-electron chi connectivity index (χ0n) is 34.5. The maximum absolute atomic E-state index is 13.8. The number of hydrogen-bond donors (Lipinski definition) is 4. The van der Waals surface area contributed by atoms with E-state index < -0.39 is 29.8 Å². The Hall–Kier alpha value is -6.32. The van der Waals surface area contributed by atoms with Gasteiger partial charge in [0.15, 0.2) is 5.65 Å². The van der Waals surface area contributed by atoms with Crippen molar-refractivity contribution >= 4 is 35.2 Å². The number of hydrogen-bond acceptors (Lipinski definition) is 10. The highest BCUT2D eigenvalue weighted by Crippen LogP contribution is 2.39. The standard InChI is InChI=1S/C43H52N10O6/c1-24(2)34(49-41(56)58-6)38(54)52-18-8-10-33(52)37-46-23-32(47-37)27-13-11-26(12-14-27)28-15-16-30(44-21-28)29-20-31-36(45-22-29)51-40(48-31)43(5)17-9-19-53(43)39(55)35(25(3)4)50-42(57)59-7/h11-16,20-25,33-35H,8-10,17-19H2,1-7H3,(H,46,47)(H,49,56)(H,50,57)(H,45,48,51). The largest absolute Gasteiger partial charge is 0.453 e. The first kappa shape index (κ1) is 40.9. The monoisotopic (exact) mass is 804 g/mol. The molecule has 1 aromatic carbocycles. The maximum Gasteiger partial charge on any atom is 0.407 e. The number of carbonyl (C=O) groups is 4. The number of nitrogens with one attached hydrogen (secondary N) is 4. The van der Waals surface area contributed by atoms with Crippen molar-refractivity contribution in [1.82, 2.24) is 50.3 Å². The Morgan fingerprint density at radius 3 is 2.05 bits per heavy atom. The quantitative estimate of drug-likeness (QED) is 0.117. The fourth-order valence-corrected chi connectivity index (χ4v) is 8.15. The molecule has 4 N–H and O–H groups in total. The Balaban J connectivity index is 1.03. The smallest absolute Gasteiger partial charge is 0.407 e.